The molecule has 1 aromatic rings. The molecule has 1 unspecified atom stereocenters. The summed E-state index contributed by atoms with van der Waals surface area (Å²) in [5, 5.41) is 0. The Kier molecular flexibility index (Phi) is 6.08. The van der Waals surface area contributed by atoms with Gasteiger partial charge in [-0.3, -0.25) is 4.79 Å². The lowest BCUT2D eigenvalue weighted by atomic mass is 10.1. The van der Waals surface area contributed by atoms with Crippen molar-refractivity contribution in [1.29, 1.82) is 0 Å². The summed E-state index contributed by atoms with van der Waals surface area (Å²) < 4.78 is 74.4. The van der Waals surface area contributed by atoms with Crippen LogP contribution in [0.3, 0.4) is 0 Å². The van der Waals surface area contributed by atoms with Gasteiger partial charge in [-0.15, -0.1) is 0 Å². The van der Waals surface area contributed by atoms with Crippen molar-refractivity contribution < 1.29 is 31.1 Å². The number of ketones is 1. The predicted octanol–water partition coefficient (Wildman–Crippen LogP) is 5.94. The minimum atomic E-state index is -4.72. The monoisotopic (exact) mass is 412 g/mol. The Hall–Kier alpha value is -0.350. The molecule has 0 heterocycles. The molecule has 0 fully saturated rings. The molecule has 1 rings (SSSR count). The predicted molar refractivity (Wildman–Crippen MR) is 72.6 cm³/mol. The standard InChI is InChI=1S/C11H7BrF6OS2/c1-5(19)9(12)6-2-3-7(20-10(13,14)15)8(4-6)21-11(16,17)18/h2-4,9H,1H3. The van der Waals surface area contributed by atoms with E-state index in [0.29, 0.717) is 0 Å². The van der Waals surface area contributed by atoms with Gasteiger partial charge >= 0.3 is 11.0 Å². The summed E-state index contributed by atoms with van der Waals surface area (Å²) in [5.41, 5.74) is -9.25. The van der Waals surface area contributed by atoms with Gasteiger partial charge in [-0.25, -0.2) is 0 Å². The van der Waals surface area contributed by atoms with Crippen LogP contribution in [0, 0.1) is 0 Å². The molecule has 0 saturated heterocycles. The molecule has 0 aliphatic rings. The van der Waals surface area contributed by atoms with E-state index < -0.39 is 49.2 Å². The van der Waals surface area contributed by atoms with Gasteiger partial charge in [0.1, 0.15) is 5.78 Å². The fraction of sp³-hybridized carbons (Fsp3) is 0.364. The number of carbonyl (C=O) groups excluding carboxylic acids is 1. The molecule has 0 radical (unpaired) electrons. The molecule has 10 heteroatoms. The van der Waals surface area contributed by atoms with Gasteiger partial charge in [-0.1, -0.05) is 22.0 Å². The summed E-state index contributed by atoms with van der Waals surface area (Å²) in [5.74, 6) is -0.366. The quantitative estimate of drug-likeness (QED) is 0.346. The Labute approximate surface area is 133 Å². The number of rotatable bonds is 4. The van der Waals surface area contributed by atoms with E-state index in [0.717, 1.165) is 12.1 Å². The molecular weight excluding hydrogens is 406 g/mol. The van der Waals surface area contributed by atoms with Gasteiger partial charge in [-0.2, -0.15) is 26.3 Å². The zero-order chi connectivity index (χ0) is 16.4. The van der Waals surface area contributed by atoms with E-state index in [-0.39, 0.29) is 11.3 Å². The summed E-state index contributed by atoms with van der Waals surface area (Å²) in [4.78, 5) is 9.18. The van der Waals surface area contributed by atoms with Crippen LogP contribution in [0.5, 0.6) is 0 Å². The molecule has 0 aromatic heterocycles. The average Bonchev–Trinajstić information content (AvgIpc) is 2.26. The van der Waals surface area contributed by atoms with Crippen LogP contribution in [-0.2, 0) is 4.79 Å². The van der Waals surface area contributed by atoms with E-state index in [1.54, 1.807) is 0 Å². The van der Waals surface area contributed by atoms with Gasteiger partial charge in [0.25, 0.3) is 0 Å². The van der Waals surface area contributed by atoms with Crippen LogP contribution in [-0.4, -0.2) is 16.8 Å². The maximum atomic E-state index is 12.4. The molecule has 0 spiro atoms. The number of benzene rings is 1. The Morgan fingerprint density at radius 2 is 1.52 bits per heavy atom. The number of halogens is 7. The van der Waals surface area contributed by atoms with Gasteiger partial charge < -0.3 is 0 Å². The summed E-state index contributed by atoms with van der Waals surface area (Å²) in [7, 11) is 0. The van der Waals surface area contributed by atoms with Gasteiger partial charge in [0.05, 0.1) is 4.83 Å². The fourth-order valence-corrected chi connectivity index (χ4v) is 3.02. The summed E-state index contributed by atoms with van der Waals surface area (Å²) >= 11 is 1.72. The van der Waals surface area contributed by atoms with Crippen LogP contribution in [0.15, 0.2) is 28.0 Å². The van der Waals surface area contributed by atoms with Crippen LogP contribution in [0.2, 0.25) is 0 Å². The Morgan fingerprint density at radius 1 is 1.05 bits per heavy atom. The molecular formula is C11H7BrF6OS2. The molecule has 0 saturated carbocycles. The zero-order valence-electron chi connectivity index (χ0n) is 10.2. The Bertz CT molecular complexity index is 528. The Morgan fingerprint density at radius 3 is 1.95 bits per heavy atom. The first-order valence-corrected chi connectivity index (χ1v) is 7.74. The van der Waals surface area contributed by atoms with E-state index in [9.17, 15) is 31.1 Å². The molecule has 21 heavy (non-hydrogen) atoms. The van der Waals surface area contributed by atoms with Crippen LogP contribution < -0.4 is 0 Å². The SMILES string of the molecule is CC(=O)C(Br)c1ccc(SC(F)(F)F)c(SC(F)(F)F)c1. The van der Waals surface area contributed by atoms with Crippen molar-refractivity contribution in [3.8, 4) is 0 Å². The number of hydrogen-bond acceptors (Lipinski definition) is 3. The van der Waals surface area contributed by atoms with Gasteiger partial charge in [-0.05, 0) is 48.1 Å². The number of Topliss-reactive ketones (excluding diaryl/α,β-unsaturated/α-hetero) is 1. The average molecular weight is 413 g/mol. The van der Waals surface area contributed by atoms with Crippen molar-refractivity contribution in [2.75, 3.05) is 0 Å². The zero-order valence-corrected chi connectivity index (χ0v) is 13.4. The third-order valence-electron chi connectivity index (χ3n) is 2.07. The van der Waals surface area contributed by atoms with Crippen LogP contribution in [0.1, 0.15) is 17.3 Å². The third-order valence-corrected chi connectivity index (χ3v) is 4.97. The smallest absolute Gasteiger partial charge is 0.298 e. The van der Waals surface area contributed by atoms with E-state index in [1.165, 1.54) is 13.0 Å². The number of thioether (sulfide) groups is 2. The highest BCUT2D eigenvalue weighted by atomic mass is 79.9. The van der Waals surface area contributed by atoms with Crippen molar-refractivity contribution in [3.05, 3.63) is 23.8 Å². The molecule has 0 aliphatic heterocycles. The largest absolute Gasteiger partial charge is 0.446 e. The first-order valence-electron chi connectivity index (χ1n) is 5.19. The van der Waals surface area contributed by atoms with Gasteiger partial charge in [0.15, 0.2) is 0 Å². The maximum Gasteiger partial charge on any atom is 0.446 e. The normalized spacial score (nSPS) is 14.1. The van der Waals surface area contributed by atoms with E-state index in [2.05, 4.69) is 15.9 Å². The molecule has 1 aromatic carbocycles. The van der Waals surface area contributed by atoms with Crippen LogP contribution in [0.4, 0.5) is 26.3 Å². The Balaban J connectivity index is 3.23. The minimum absolute atomic E-state index is 0.167. The topological polar surface area (TPSA) is 17.1 Å². The highest BCUT2D eigenvalue weighted by molar-refractivity contribution is 9.09. The first-order chi connectivity index (χ1) is 9.39. The van der Waals surface area contributed by atoms with Crippen molar-refractivity contribution in [2.45, 2.75) is 32.6 Å². The molecule has 0 bridgehead atoms. The molecule has 0 N–H and O–H groups in total. The summed E-state index contributed by atoms with van der Waals surface area (Å²) in [6.45, 7) is 1.22. The fourth-order valence-electron chi connectivity index (χ4n) is 1.33. The van der Waals surface area contributed by atoms with E-state index in [4.69, 9.17) is 0 Å². The number of alkyl halides is 7. The highest BCUT2D eigenvalue weighted by Gasteiger charge is 2.35. The number of hydrogen-bond donors (Lipinski definition) is 0. The second-order valence-electron chi connectivity index (χ2n) is 3.77. The van der Waals surface area contributed by atoms with Gasteiger partial charge in [0.2, 0.25) is 0 Å². The summed E-state index contributed by atoms with van der Waals surface area (Å²) in [6.07, 6.45) is 0. The second kappa shape index (κ2) is 6.82. The lowest BCUT2D eigenvalue weighted by Gasteiger charge is -2.15. The van der Waals surface area contributed by atoms with Crippen molar-refractivity contribution in [2.24, 2.45) is 0 Å². The lowest BCUT2D eigenvalue weighted by Crippen LogP contribution is -2.05. The lowest BCUT2D eigenvalue weighted by molar-refractivity contribution is -0.116. The third kappa shape index (κ3) is 6.52. The molecule has 118 valence electrons. The van der Waals surface area contributed by atoms with Crippen LogP contribution in [0.25, 0.3) is 0 Å². The first kappa shape index (κ1) is 18.7. The second-order valence-corrected chi connectivity index (χ2v) is 6.90. The van der Waals surface area contributed by atoms with Gasteiger partial charge in [0, 0.05) is 9.79 Å². The molecule has 0 aliphatic carbocycles. The number of carbonyl (C=O) groups is 1. The highest BCUT2D eigenvalue weighted by Crippen LogP contribution is 2.47. The minimum Gasteiger partial charge on any atom is -0.298 e. The van der Waals surface area contributed by atoms with Crippen LogP contribution >= 0.6 is 39.5 Å². The molecule has 0 amide bonds. The van der Waals surface area contributed by atoms with Crippen molar-refractivity contribution in [1.82, 2.24) is 0 Å². The molecule has 1 nitrogen and oxygen atoms in total. The van der Waals surface area contributed by atoms with E-state index in [1.807, 2.05) is 0 Å². The van der Waals surface area contributed by atoms with E-state index >= 15 is 0 Å². The van der Waals surface area contributed by atoms with Crippen molar-refractivity contribution in [3.63, 3.8) is 0 Å². The van der Waals surface area contributed by atoms with Crippen molar-refractivity contribution >= 4 is 45.2 Å². The summed E-state index contributed by atoms with van der Waals surface area (Å²) in [6, 6.07) is 3.06. The molecule has 1 atom stereocenters. The maximum absolute atomic E-state index is 12.4.